The summed E-state index contributed by atoms with van der Waals surface area (Å²) in [6.45, 7) is 2.91. The number of hydrogen-bond acceptors (Lipinski definition) is 1. The summed E-state index contributed by atoms with van der Waals surface area (Å²) in [6, 6.07) is 6.53. The van der Waals surface area contributed by atoms with Gasteiger partial charge in [-0.1, -0.05) is 13.0 Å². The summed E-state index contributed by atoms with van der Waals surface area (Å²) < 4.78 is 0. The molecule has 84 valence electrons. The predicted molar refractivity (Wildman–Crippen MR) is 64.6 cm³/mol. The molecule has 1 saturated heterocycles. The number of amides is 1. The summed E-state index contributed by atoms with van der Waals surface area (Å²) >= 11 is 0. The molecule has 0 aromatic heterocycles. The average Bonchev–Trinajstić information content (AvgIpc) is 2.86. The number of carbonyl (C=O) groups is 1. The van der Waals surface area contributed by atoms with Gasteiger partial charge in [-0.25, -0.2) is 0 Å². The van der Waals surface area contributed by atoms with Gasteiger partial charge in [0.05, 0.1) is 0 Å². The van der Waals surface area contributed by atoms with Crippen LogP contribution in [0, 0.1) is 5.92 Å². The second-order valence-corrected chi connectivity index (χ2v) is 4.99. The molecule has 0 radical (unpaired) electrons. The molecule has 0 spiro atoms. The number of rotatable bonds is 1. The number of benzene rings is 1. The quantitative estimate of drug-likeness (QED) is 0.705. The largest absolute Gasteiger partial charge is 0.312 e. The van der Waals surface area contributed by atoms with Gasteiger partial charge in [0, 0.05) is 18.2 Å². The second kappa shape index (κ2) is 3.62. The molecular formula is C14H17NO. The van der Waals surface area contributed by atoms with Crippen LogP contribution in [0.15, 0.2) is 18.2 Å². The molecule has 1 aromatic carbocycles. The van der Waals surface area contributed by atoms with E-state index in [9.17, 15) is 4.79 Å². The zero-order chi connectivity index (χ0) is 11.1. The molecule has 1 aliphatic carbocycles. The Balaban J connectivity index is 1.93. The van der Waals surface area contributed by atoms with Crippen LogP contribution < -0.4 is 4.90 Å². The fraction of sp³-hybridized carbons (Fsp3) is 0.500. The van der Waals surface area contributed by atoms with E-state index in [-0.39, 0.29) is 11.8 Å². The fourth-order valence-electron chi connectivity index (χ4n) is 2.80. The standard InChI is InChI=1S/C14H17NO/c1-10-7-8-15(14(10)16)13-6-5-11-3-2-4-12(11)9-13/h5-6,9-10H,2-4,7-8H2,1H3. The SMILES string of the molecule is CC1CCN(c2ccc3c(c2)CCC3)C1=O. The molecule has 2 nitrogen and oxygen atoms in total. The monoisotopic (exact) mass is 215 g/mol. The predicted octanol–water partition coefficient (Wildman–Crippen LogP) is 2.55. The number of anilines is 1. The highest BCUT2D eigenvalue weighted by Gasteiger charge is 2.29. The van der Waals surface area contributed by atoms with Gasteiger partial charge < -0.3 is 4.90 Å². The van der Waals surface area contributed by atoms with E-state index in [2.05, 4.69) is 18.2 Å². The summed E-state index contributed by atoms with van der Waals surface area (Å²) in [5.74, 6) is 0.492. The van der Waals surface area contributed by atoms with Crippen LogP contribution in [0.2, 0.25) is 0 Å². The first-order valence-corrected chi connectivity index (χ1v) is 6.19. The zero-order valence-electron chi connectivity index (χ0n) is 9.70. The molecule has 1 fully saturated rings. The molecule has 1 amide bonds. The lowest BCUT2D eigenvalue weighted by Crippen LogP contribution is -2.26. The van der Waals surface area contributed by atoms with E-state index in [1.54, 1.807) is 0 Å². The number of carbonyl (C=O) groups excluding carboxylic acids is 1. The van der Waals surface area contributed by atoms with E-state index in [4.69, 9.17) is 0 Å². The highest BCUT2D eigenvalue weighted by atomic mass is 16.2. The van der Waals surface area contributed by atoms with Gasteiger partial charge in [-0.3, -0.25) is 4.79 Å². The molecule has 0 bridgehead atoms. The third-order valence-electron chi connectivity index (χ3n) is 3.87. The van der Waals surface area contributed by atoms with Crippen molar-refractivity contribution in [2.45, 2.75) is 32.6 Å². The Bertz CT molecular complexity index is 438. The molecule has 2 aliphatic rings. The van der Waals surface area contributed by atoms with Gasteiger partial charge >= 0.3 is 0 Å². The number of aryl methyl sites for hydroxylation is 2. The summed E-state index contributed by atoms with van der Waals surface area (Å²) in [6.07, 6.45) is 4.65. The van der Waals surface area contributed by atoms with Crippen LogP contribution in [0.1, 0.15) is 30.9 Å². The number of fused-ring (bicyclic) bond motifs is 1. The van der Waals surface area contributed by atoms with Crippen LogP contribution in [0.4, 0.5) is 5.69 Å². The van der Waals surface area contributed by atoms with Crippen molar-refractivity contribution >= 4 is 11.6 Å². The van der Waals surface area contributed by atoms with Crippen molar-refractivity contribution in [3.63, 3.8) is 0 Å². The Morgan fingerprint density at radius 3 is 2.81 bits per heavy atom. The van der Waals surface area contributed by atoms with E-state index in [0.717, 1.165) is 18.7 Å². The topological polar surface area (TPSA) is 20.3 Å². The fourth-order valence-corrected chi connectivity index (χ4v) is 2.80. The first-order chi connectivity index (χ1) is 7.75. The van der Waals surface area contributed by atoms with Crippen LogP contribution in [-0.4, -0.2) is 12.5 Å². The molecule has 2 heteroatoms. The lowest BCUT2D eigenvalue weighted by Gasteiger charge is -2.17. The van der Waals surface area contributed by atoms with Gasteiger partial charge in [0.25, 0.3) is 0 Å². The van der Waals surface area contributed by atoms with Gasteiger partial charge in [0.1, 0.15) is 0 Å². The van der Waals surface area contributed by atoms with Gasteiger partial charge in [0.2, 0.25) is 5.91 Å². The lowest BCUT2D eigenvalue weighted by atomic mass is 10.1. The van der Waals surface area contributed by atoms with Crippen molar-refractivity contribution in [3.05, 3.63) is 29.3 Å². The highest BCUT2D eigenvalue weighted by molar-refractivity contribution is 5.97. The minimum absolute atomic E-state index is 0.202. The third kappa shape index (κ3) is 1.44. The smallest absolute Gasteiger partial charge is 0.229 e. The van der Waals surface area contributed by atoms with Crippen molar-refractivity contribution < 1.29 is 4.79 Å². The zero-order valence-corrected chi connectivity index (χ0v) is 9.70. The van der Waals surface area contributed by atoms with Crippen LogP contribution in [0.25, 0.3) is 0 Å². The maximum atomic E-state index is 11.9. The summed E-state index contributed by atoms with van der Waals surface area (Å²) in [7, 11) is 0. The Labute approximate surface area is 96.3 Å². The highest BCUT2D eigenvalue weighted by Crippen LogP contribution is 2.30. The molecule has 1 aromatic rings. The molecule has 1 heterocycles. The average molecular weight is 215 g/mol. The van der Waals surface area contributed by atoms with E-state index < -0.39 is 0 Å². The molecule has 1 aliphatic heterocycles. The first kappa shape index (κ1) is 9.88. The van der Waals surface area contributed by atoms with Crippen LogP contribution >= 0.6 is 0 Å². The van der Waals surface area contributed by atoms with E-state index in [1.165, 1.54) is 30.4 Å². The van der Waals surface area contributed by atoms with E-state index >= 15 is 0 Å². The maximum absolute atomic E-state index is 11.9. The van der Waals surface area contributed by atoms with E-state index in [0.29, 0.717) is 0 Å². The molecule has 16 heavy (non-hydrogen) atoms. The van der Waals surface area contributed by atoms with Gasteiger partial charge in [-0.2, -0.15) is 0 Å². The molecule has 1 unspecified atom stereocenters. The second-order valence-electron chi connectivity index (χ2n) is 4.99. The Morgan fingerprint density at radius 2 is 2.06 bits per heavy atom. The Kier molecular flexibility index (Phi) is 2.23. The van der Waals surface area contributed by atoms with E-state index in [1.807, 2.05) is 11.8 Å². The lowest BCUT2D eigenvalue weighted by molar-refractivity contribution is -0.119. The maximum Gasteiger partial charge on any atom is 0.229 e. The van der Waals surface area contributed by atoms with Crippen LogP contribution in [-0.2, 0) is 17.6 Å². The molecule has 3 rings (SSSR count). The molecular weight excluding hydrogens is 198 g/mol. The van der Waals surface area contributed by atoms with Gasteiger partial charge in [0.15, 0.2) is 0 Å². The van der Waals surface area contributed by atoms with Crippen molar-refractivity contribution in [2.24, 2.45) is 5.92 Å². The Morgan fingerprint density at radius 1 is 1.25 bits per heavy atom. The van der Waals surface area contributed by atoms with Gasteiger partial charge in [-0.15, -0.1) is 0 Å². The number of hydrogen-bond donors (Lipinski definition) is 0. The normalized spacial score (nSPS) is 23.9. The number of nitrogens with zero attached hydrogens (tertiary/aromatic N) is 1. The molecule has 1 atom stereocenters. The third-order valence-corrected chi connectivity index (χ3v) is 3.87. The van der Waals surface area contributed by atoms with Crippen LogP contribution in [0.3, 0.4) is 0 Å². The Hall–Kier alpha value is -1.31. The van der Waals surface area contributed by atoms with Crippen molar-refractivity contribution in [1.29, 1.82) is 0 Å². The van der Waals surface area contributed by atoms with Gasteiger partial charge in [-0.05, 0) is 48.9 Å². The first-order valence-electron chi connectivity index (χ1n) is 6.19. The van der Waals surface area contributed by atoms with Crippen molar-refractivity contribution in [1.82, 2.24) is 0 Å². The molecule has 0 saturated carbocycles. The van der Waals surface area contributed by atoms with Crippen molar-refractivity contribution in [2.75, 3.05) is 11.4 Å². The minimum Gasteiger partial charge on any atom is -0.312 e. The summed E-state index contributed by atoms with van der Waals surface area (Å²) in [4.78, 5) is 13.9. The van der Waals surface area contributed by atoms with Crippen LogP contribution in [0.5, 0.6) is 0 Å². The minimum atomic E-state index is 0.202. The summed E-state index contributed by atoms with van der Waals surface area (Å²) in [5, 5.41) is 0. The molecule has 0 N–H and O–H groups in total. The summed E-state index contributed by atoms with van der Waals surface area (Å²) in [5.41, 5.74) is 4.03. The van der Waals surface area contributed by atoms with Crippen molar-refractivity contribution in [3.8, 4) is 0 Å².